The van der Waals surface area contributed by atoms with Crippen molar-refractivity contribution in [2.75, 3.05) is 5.73 Å². The van der Waals surface area contributed by atoms with Crippen LogP contribution >= 0.6 is 22.6 Å². The van der Waals surface area contributed by atoms with Gasteiger partial charge in [-0.3, -0.25) is 4.79 Å². The van der Waals surface area contributed by atoms with Crippen molar-refractivity contribution in [1.82, 2.24) is 19.7 Å². The molecule has 0 atom stereocenters. The Bertz CT molecular complexity index is 663. The van der Waals surface area contributed by atoms with Gasteiger partial charge in [0.2, 0.25) is 0 Å². The molecule has 8 heteroatoms. The molecule has 0 aromatic carbocycles. The number of anilines is 1. The molecule has 0 aliphatic heterocycles. The van der Waals surface area contributed by atoms with Crippen LogP contribution in [-0.2, 0) is 4.79 Å². The number of nitrogen functional groups attached to an aromatic ring is 1. The molecule has 0 bridgehead atoms. The van der Waals surface area contributed by atoms with E-state index in [1.165, 1.54) is 6.33 Å². The first-order valence-electron chi connectivity index (χ1n) is 6.45. The maximum Gasteiger partial charge on any atom is 0.306 e. The first-order valence-corrected chi connectivity index (χ1v) is 7.52. The fourth-order valence-corrected chi connectivity index (χ4v) is 3.52. The maximum atomic E-state index is 11.0. The molecule has 1 aliphatic carbocycles. The first kappa shape index (κ1) is 13.5. The average Bonchev–Trinajstić information content (AvgIpc) is 2.77. The highest BCUT2D eigenvalue weighted by molar-refractivity contribution is 14.1. The van der Waals surface area contributed by atoms with Gasteiger partial charge in [0.1, 0.15) is 15.8 Å². The number of aromatic nitrogens is 4. The number of aliphatic carboxylic acids is 1. The van der Waals surface area contributed by atoms with E-state index in [1.54, 1.807) is 0 Å². The molecule has 2 aromatic heterocycles. The molecule has 1 fully saturated rings. The molecule has 1 aliphatic rings. The molecule has 2 heterocycles. The largest absolute Gasteiger partial charge is 0.481 e. The summed E-state index contributed by atoms with van der Waals surface area (Å²) in [6.07, 6.45) is 4.40. The molecule has 0 spiro atoms. The van der Waals surface area contributed by atoms with E-state index in [2.05, 4.69) is 37.7 Å². The summed E-state index contributed by atoms with van der Waals surface area (Å²) in [4.78, 5) is 19.3. The van der Waals surface area contributed by atoms with E-state index in [0.717, 1.165) is 27.6 Å². The smallest absolute Gasteiger partial charge is 0.306 e. The van der Waals surface area contributed by atoms with Gasteiger partial charge >= 0.3 is 5.97 Å². The second-order valence-electron chi connectivity index (χ2n) is 5.04. The van der Waals surface area contributed by atoms with Crippen LogP contribution < -0.4 is 5.73 Å². The molecular formula is C12H14IN5O2. The van der Waals surface area contributed by atoms with Gasteiger partial charge in [-0.25, -0.2) is 14.6 Å². The second kappa shape index (κ2) is 5.15. The van der Waals surface area contributed by atoms with Crippen LogP contribution in [0.3, 0.4) is 0 Å². The topological polar surface area (TPSA) is 107 Å². The highest BCUT2D eigenvalue weighted by Crippen LogP contribution is 2.35. The number of hydrogen-bond acceptors (Lipinski definition) is 5. The quantitative estimate of drug-likeness (QED) is 0.762. The molecule has 0 saturated heterocycles. The molecule has 0 amide bonds. The fraction of sp³-hybridized carbons (Fsp3) is 0.500. The van der Waals surface area contributed by atoms with Crippen LogP contribution in [0.1, 0.15) is 31.7 Å². The van der Waals surface area contributed by atoms with Crippen molar-refractivity contribution >= 4 is 45.4 Å². The lowest BCUT2D eigenvalue weighted by Gasteiger charge is -2.26. The van der Waals surface area contributed by atoms with Gasteiger partial charge in [-0.1, -0.05) is 0 Å². The number of fused-ring (bicyclic) bond motifs is 1. The maximum absolute atomic E-state index is 11.0. The third-order valence-corrected chi connectivity index (χ3v) is 4.62. The number of nitrogens with zero attached hydrogens (tertiary/aromatic N) is 4. The SMILES string of the molecule is Nc1ncnc2c1c(I)nn2C1CCC(C(=O)O)CC1. The van der Waals surface area contributed by atoms with Gasteiger partial charge in [0, 0.05) is 0 Å². The van der Waals surface area contributed by atoms with Gasteiger partial charge in [0.15, 0.2) is 5.65 Å². The van der Waals surface area contributed by atoms with Crippen LogP contribution in [0.2, 0.25) is 0 Å². The minimum Gasteiger partial charge on any atom is -0.481 e. The predicted octanol–water partition coefficient (Wildman–Crippen LogP) is 1.83. The monoisotopic (exact) mass is 387 g/mol. The van der Waals surface area contributed by atoms with Crippen LogP contribution in [0.5, 0.6) is 0 Å². The summed E-state index contributed by atoms with van der Waals surface area (Å²) in [5.41, 5.74) is 6.61. The van der Waals surface area contributed by atoms with Crippen LogP contribution in [0.4, 0.5) is 5.82 Å². The third-order valence-electron chi connectivity index (χ3n) is 3.87. The van der Waals surface area contributed by atoms with E-state index in [9.17, 15) is 4.79 Å². The lowest BCUT2D eigenvalue weighted by molar-refractivity contribution is -0.143. The van der Waals surface area contributed by atoms with Crippen LogP contribution in [0, 0.1) is 9.62 Å². The average molecular weight is 387 g/mol. The molecule has 7 nitrogen and oxygen atoms in total. The zero-order chi connectivity index (χ0) is 14.3. The van der Waals surface area contributed by atoms with Gasteiger partial charge in [0.25, 0.3) is 0 Å². The van der Waals surface area contributed by atoms with Crippen molar-refractivity contribution in [3.8, 4) is 0 Å². The summed E-state index contributed by atoms with van der Waals surface area (Å²) in [6, 6.07) is 0.186. The molecular weight excluding hydrogens is 373 g/mol. The number of halogens is 1. The number of carbonyl (C=O) groups is 1. The number of carboxylic acid groups (broad SMARTS) is 1. The zero-order valence-electron chi connectivity index (χ0n) is 10.7. The molecule has 3 N–H and O–H groups in total. The number of hydrogen-bond donors (Lipinski definition) is 2. The number of nitrogens with two attached hydrogens (primary N) is 1. The summed E-state index contributed by atoms with van der Waals surface area (Å²) >= 11 is 2.13. The Morgan fingerprint density at radius 2 is 2.05 bits per heavy atom. The van der Waals surface area contributed by atoms with Gasteiger partial charge in [-0.2, -0.15) is 5.10 Å². The Labute approximate surface area is 128 Å². The molecule has 106 valence electrons. The van der Waals surface area contributed by atoms with Crippen LogP contribution in [0.25, 0.3) is 11.0 Å². The minimum absolute atomic E-state index is 0.186. The summed E-state index contributed by atoms with van der Waals surface area (Å²) in [5, 5.41) is 14.3. The van der Waals surface area contributed by atoms with Crippen molar-refractivity contribution < 1.29 is 9.90 Å². The van der Waals surface area contributed by atoms with Crippen molar-refractivity contribution in [2.24, 2.45) is 5.92 Å². The molecule has 3 rings (SSSR count). The highest BCUT2D eigenvalue weighted by Gasteiger charge is 2.29. The minimum atomic E-state index is -0.699. The highest BCUT2D eigenvalue weighted by atomic mass is 127. The molecule has 0 unspecified atom stereocenters. The Morgan fingerprint density at radius 3 is 2.70 bits per heavy atom. The standard InChI is InChI=1S/C12H14IN5O2/c13-9-8-10(14)15-5-16-11(8)18(17-9)7-3-1-6(2-4-7)12(19)20/h5-7H,1-4H2,(H,19,20)(H2,14,15,16). The molecule has 2 aromatic rings. The van der Waals surface area contributed by atoms with Crippen molar-refractivity contribution in [3.63, 3.8) is 0 Å². The molecule has 1 saturated carbocycles. The van der Waals surface area contributed by atoms with E-state index in [4.69, 9.17) is 10.8 Å². The van der Waals surface area contributed by atoms with Gasteiger partial charge in [0.05, 0.1) is 17.3 Å². The Hall–Kier alpha value is -1.45. The Balaban J connectivity index is 1.92. The fourth-order valence-electron chi connectivity index (χ4n) is 2.77. The first-order chi connectivity index (χ1) is 9.58. The van der Waals surface area contributed by atoms with Crippen molar-refractivity contribution in [3.05, 3.63) is 10.0 Å². The van der Waals surface area contributed by atoms with Gasteiger partial charge in [-0.15, -0.1) is 0 Å². The zero-order valence-corrected chi connectivity index (χ0v) is 12.8. The number of rotatable bonds is 2. The van der Waals surface area contributed by atoms with E-state index < -0.39 is 5.97 Å². The summed E-state index contributed by atoms with van der Waals surface area (Å²) < 4.78 is 2.67. The van der Waals surface area contributed by atoms with E-state index in [-0.39, 0.29) is 12.0 Å². The lowest BCUT2D eigenvalue weighted by atomic mass is 9.86. The van der Waals surface area contributed by atoms with E-state index in [1.807, 2.05) is 4.68 Å². The Kier molecular flexibility index (Phi) is 3.48. The van der Waals surface area contributed by atoms with Gasteiger partial charge < -0.3 is 10.8 Å². The van der Waals surface area contributed by atoms with E-state index in [0.29, 0.717) is 18.7 Å². The van der Waals surface area contributed by atoms with Crippen LogP contribution in [0.15, 0.2) is 6.33 Å². The third kappa shape index (κ3) is 2.21. The van der Waals surface area contributed by atoms with Crippen molar-refractivity contribution in [1.29, 1.82) is 0 Å². The predicted molar refractivity (Wildman–Crippen MR) is 81.1 cm³/mol. The second-order valence-corrected chi connectivity index (χ2v) is 6.06. The lowest BCUT2D eigenvalue weighted by Crippen LogP contribution is -2.24. The van der Waals surface area contributed by atoms with E-state index >= 15 is 0 Å². The molecule has 0 radical (unpaired) electrons. The summed E-state index contributed by atoms with van der Waals surface area (Å²) in [5.74, 6) is -0.494. The summed E-state index contributed by atoms with van der Waals surface area (Å²) in [7, 11) is 0. The van der Waals surface area contributed by atoms with Crippen molar-refractivity contribution in [2.45, 2.75) is 31.7 Å². The Morgan fingerprint density at radius 1 is 1.35 bits per heavy atom. The van der Waals surface area contributed by atoms with Crippen LogP contribution in [-0.4, -0.2) is 30.8 Å². The van der Waals surface area contributed by atoms with Gasteiger partial charge in [-0.05, 0) is 48.3 Å². The molecule has 20 heavy (non-hydrogen) atoms. The normalized spacial score (nSPS) is 23.1. The summed E-state index contributed by atoms with van der Waals surface area (Å²) in [6.45, 7) is 0. The number of carboxylic acids is 1.